The van der Waals surface area contributed by atoms with Crippen molar-refractivity contribution < 1.29 is 4.57 Å². The molecule has 0 saturated carbocycles. The second-order valence-electron chi connectivity index (χ2n) is 7.29. The highest BCUT2D eigenvalue weighted by Gasteiger charge is 2.26. The lowest BCUT2D eigenvalue weighted by Gasteiger charge is -2.13. The first kappa shape index (κ1) is 16.6. The number of imidazole rings is 2. The molecule has 0 amide bonds. The van der Waals surface area contributed by atoms with Crippen LogP contribution in [0.4, 0.5) is 0 Å². The third-order valence-corrected chi connectivity index (χ3v) is 5.30. The fourth-order valence-electron chi connectivity index (χ4n) is 4.16. The number of hydrogen-bond acceptors (Lipinski definition) is 1. The third-order valence-electron chi connectivity index (χ3n) is 5.30. The molecule has 0 N–H and O–H groups in total. The number of pyridine rings is 1. The first-order chi connectivity index (χ1) is 12.4. The number of benzene rings is 1. The van der Waals surface area contributed by atoms with Crippen molar-refractivity contribution in [2.24, 2.45) is 14.1 Å². The zero-order valence-corrected chi connectivity index (χ0v) is 16.3. The van der Waals surface area contributed by atoms with E-state index < -0.39 is 0 Å². The Kier molecular flexibility index (Phi) is 3.72. The number of rotatable bonds is 2. The molecular weight excluding hydrogens is 320 g/mol. The summed E-state index contributed by atoms with van der Waals surface area (Å²) in [4.78, 5) is 4.46. The van der Waals surface area contributed by atoms with Crippen molar-refractivity contribution >= 4 is 5.78 Å². The summed E-state index contributed by atoms with van der Waals surface area (Å²) in [7, 11) is 4.24. The lowest BCUT2D eigenvalue weighted by atomic mass is 9.97. The summed E-state index contributed by atoms with van der Waals surface area (Å²) in [5.41, 5.74) is 10.1. The Morgan fingerprint density at radius 1 is 0.923 bits per heavy atom. The van der Waals surface area contributed by atoms with E-state index in [2.05, 4.69) is 90.8 Å². The van der Waals surface area contributed by atoms with Crippen molar-refractivity contribution in [3.63, 3.8) is 0 Å². The minimum Gasteiger partial charge on any atom is -0.308 e. The molecule has 0 saturated heterocycles. The van der Waals surface area contributed by atoms with Gasteiger partial charge >= 0.3 is 0 Å². The molecule has 4 nitrogen and oxygen atoms in total. The van der Waals surface area contributed by atoms with Gasteiger partial charge in [-0.25, -0.2) is 4.98 Å². The van der Waals surface area contributed by atoms with Crippen LogP contribution in [-0.2, 0) is 14.1 Å². The second-order valence-corrected chi connectivity index (χ2v) is 7.29. The average molecular weight is 345 g/mol. The molecule has 4 heteroatoms. The SMILES string of the molecule is Cc1ccc(-c2c(C)cc(C)c(-c3cn4ccnc4n3C)[n+]2C)c(C)c1. The predicted octanol–water partition coefficient (Wildman–Crippen LogP) is 4.06. The Labute approximate surface area is 154 Å². The highest BCUT2D eigenvalue weighted by Crippen LogP contribution is 2.29. The molecule has 0 aliphatic carbocycles. The van der Waals surface area contributed by atoms with Gasteiger partial charge in [0.15, 0.2) is 0 Å². The quantitative estimate of drug-likeness (QED) is 0.503. The molecule has 4 aromatic rings. The monoisotopic (exact) mass is 345 g/mol. The van der Waals surface area contributed by atoms with Gasteiger partial charge in [-0.3, -0.25) is 4.40 Å². The lowest BCUT2D eigenvalue weighted by molar-refractivity contribution is -0.650. The molecule has 132 valence electrons. The molecule has 0 bridgehead atoms. The van der Waals surface area contributed by atoms with Crippen molar-refractivity contribution in [1.82, 2.24) is 14.0 Å². The molecule has 3 aromatic heterocycles. The van der Waals surface area contributed by atoms with E-state index in [4.69, 9.17) is 0 Å². The molecule has 3 heterocycles. The molecule has 26 heavy (non-hydrogen) atoms. The molecular formula is C22H25N4+. The molecule has 1 aromatic carbocycles. The van der Waals surface area contributed by atoms with Crippen molar-refractivity contribution in [3.05, 3.63) is 65.1 Å². The van der Waals surface area contributed by atoms with Gasteiger partial charge in [0.25, 0.3) is 0 Å². The summed E-state index contributed by atoms with van der Waals surface area (Å²) in [5.74, 6) is 0.952. The highest BCUT2D eigenvalue weighted by atomic mass is 15.2. The fourth-order valence-corrected chi connectivity index (χ4v) is 4.16. The van der Waals surface area contributed by atoms with Crippen LogP contribution in [0.5, 0.6) is 0 Å². The Morgan fingerprint density at radius 3 is 2.35 bits per heavy atom. The smallest absolute Gasteiger partial charge is 0.233 e. The number of aromatic nitrogens is 4. The molecule has 4 rings (SSSR count). The molecule has 0 aliphatic rings. The maximum absolute atomic E-state index is 4.46. The van der Waals surface area contributed by atoms with Crippen LogP contribution >= 0.6 is 0 Å². The van der Waals surface area contributed by atoms with Gasteiger partial charge in [-0.15, -0.1) is 0 Å². The van der Waals surface area contributed by atoms with E-state index in [1.165, 1.54) is 44.9 Å². The minimum atomic E-state index is 0.952. The van der Waals surface area contributed by atoms with Crippen LogP contribution in [0.15, 0.2) is 42.9 Å². The molecule has 0 fully saturated rings. The van der Waals surface area contributed by atoms with E-state index in [0.717, 1.165) is 5.78 Å². The van der Waals surface area contributed by atoms with Crippen LogP contribution in [0.2, 0.25) is 0 Å². The summed E-state index contributed by atoms with van der Waals surface area (Å²) < 4.78 is 6.56. The molecule has 0 atom stereocenters. The van der Waals surface area contributed by atoms with Crippen molar-refractivity contribution in [3.8, 4) is 22.6 Å². The maximum Gasteiger partial charge on any atom is 0.233 e. The van der Waals surface area contributed by atoms with E-state index in [-0.39, 0.29) is 0 Å². The van der Waals surface area contributed by atoms with Crippen LogP contribution in [0.3, 0.4) is 0 Å². The van der Waals surface area contributed by atoms with Crippen molar-refractivity contribution in [2.45, 2.75) is 27.7 Å². The normalized spacial score (nSPS) is 11.5. The maximum atomic E-state index is 4.46. The van der Waals surface area contributed by atoms with Crippen LogP contribution in [0.25, 0.3) is 28.4 Å². The number of aryl methyl sites for hydroxylation is 5. The topological polar surface area (TPSA) is 26.1 Å². The highest BCUT2D eigenvalue weighted by molar-refractivity contribution is 5.68. The van der Waals surface area contributed by atoms with Gasteiger partial charge in [0.05, 0.1) is 0 Å². The summed E-state index contributed by atoms with van der Waals surface area (Å²) in [6, 6.07) is 8.98. The number of hydrogen-bond donors (Lipinski definition) is 0. The molecule has 0 radical (unpaired) electrons. The van der Waals surface area contributed by atoms with Crippen LogP contribution in [0, 0.1) is 27.7 Å². The van der Waals surface area contributed by atoms with Gasteiger partial charge in [-0.2, -0.15) is 4.57 Å². The van der Waals surface area contributed by atoms with Crippen molar-refractivity contribution in [1.29, 1.82) is 0 Å². The molecule has 0 unspecified atom stereocenters. The Bertz CT molecular complexity index is 1140. The van der Waals surface area contributed by atoms with E-state index >= 15 is 0 Å². The standard InChI is InChI=1S/C22H25N4/c1-14-7-8-18(15(2)11-14)20-16(3)12-17(4)21(25(20)6)19-13-26-10-9-23-22(26)24(19)5/h7-13H,1-6H3/q+1. The third kappa shape index (κ3) is 2.37. The minimum absolute atomic E-state index is 0.952. The second kappa shape index (κ2) is 5.84. The zero-order chi connectivity index (χ0) is 18.6. The largest absolute Gasteiger partial charge is 0.308 e. The fraction of sp³-hybridized carbons (Fsp3) is 0.273. The summed E-state index contributed by atoms with van der Waals surface area (Å²) >= 11 is 0. The molecule has 0 spiro atoms. The first-order valence-electron chi connectivity index (χ1n) is 8.95. The summed E-state index contributed by atoms with van der Waals surface area (Å²) in [6.07, 6.45) is 5.99. The van der Waals surface area contributed by atoms with Gasteiger partial charge in [0.1, 0.15) is 12.7 Å². The molecule has 0 aliphatic heterocycles. The van der Waals surface area contributed by atoms with Gasteiger partial charge < -0.3 is 4.57 Å². The lowest BCUT2D eigenvalue weighted by Crippen LogP contribution is -2.36. The Hall–Kier alpha value is -2.88. The van der Waals surface area contributed by atoms with Gasteiger partial charge in [-0.1, -0.05) is 17.7 Å². The van der Waals surface area contributed by atoms with E-state index in [1.54, 1.807) is 0 Å². The number of fused-ring (bicyclic) bond motifs is 1. The van der Waals surface area contributed by atoms with Crippen LogP contribution < -0.4 is 4.57 Å². The van der Waals surface area contributed by atoms with E-state index in [1.807, 2.05) is 12.4 Å². The van der Waals surface area contributed by atoms with E-state index in [0.29, 0.717) is 0 Å². The Morgan fingerprint density at radius 2 is 1.65 bits per heavy atom. The predicted molar refractivity (Wildman–Crippen MR) is 105 cm³/mol. The summed E-state index contributed by atoms with van der Waals surface area (Å²) in [6.45, 7) is 8.72. The average Bonchev–Trinajstić information content (AvgIpc) is 3.13. The van der Waals surface area contributed by atoms with Gasteiger partial charge in [0, 0.05) is 42.3 Å². The first-order valence-corrected chi connectivity index (χ1v) is 8.95. The zero-order valence-electron chi connectivity index (χ0n) is 16.3. The Balaban J connectivity index is 2.02. The van der Waals surface area contributed by atoms with Gasteiger partial charge in [0.2, 0.25) is 17.2 Å². The number of nitrogens with zero attached hydrogens (tertiary/aromatic N) is 4. The van der Waals surface area contributed by atoms with Crippen LogP contribution in [-0.4, -0.2) is 14.0 Å². The van der Waals surface area contributed by atoms with Gasteiger partial charge in [-0.05, 0) is 45.4 Å². The summed E-state index contributed by atoms with van der Waals surface area (Å²) in [5, 5.41) is 0. The van der Waals surface area contributed by atoms with Crippen LogP contribution in [0.1, 0.15) is 22.3 Å². The van der Waals surface area contributed by atoms with Crippen molar-refractivity contribution in [2.75, 3.05) is 0 Å². The van der Waals surface area contributed by atoms with E-state index in [9.17, 15) is 0 Å².